The Bertz CT molecular complexity index is 568. The number of aliphatic hydroxyl groups is 1. The van der Waals surface area contributed by atoms with Gasteiger partial charge in [0, 0.05) is 28.9 Å². The molecule has 0 saturated carbocycles. The summed E-state index contributed by atoms with van der Waals surface area (Å²) in [6, 6.07) is 10.2. The number of pyridine rings is 1. The molecule has 2 aromatic rings. The second kappa shape index (κ2) is 5.57. The highest BCUT2D eigenvalue weighted by Gasteiger charge is 2.21. The minimum absolute atomic E-state index is 0.0919. The molecule has 102 valence electrons. The average molecular weight is 258 g/mol. The molecule has 1 unspecified atom stereocenters. The first-order chi connectivity index (χ1) is 9.08. The highest BCUT2D eigenvalue weighted by Crippen LogP contribution is 2.28. The van der Waals surface area contributed by atoms with Crippen LogP contribution in [-0.4, -0.2) is 22.2 Å². The highest BCUT2D eigenvalue weighted by molar-refractivity contribution is 5.91. The molecule has 1 heterocycles. The van der Waals surface area contributed by atoms with Crippen LogP contribution in [0.3, 0.4) is 0 Å². The zero-order chi connectivity index (χ0) is 13.9. The quantitative estimate of drug-likeness (QED) is 0.862. The van der Waals surface area contributed by atoms with Gasteiger partial charge in [-0.2, -0.15) is 0 Å². The van der Waals surface area contributed by atoms with Gasteiger partial charge in [0.1, 0.15) is 0 Å². The van der Waals surface area contributed by atoms with E-state index in [1.807, 2.05) is 25.1 Å². The molecule has 1 aromatic carbocycles. The third-order valence-corrected chi connectivity index (χ3v) is 3.72. The highest BCUT2D eigenvalue weighted by atomic mass is 16.3. The Labute approximate surface area is 114 Å². The molecule has 0 amide bonds. The number of anilines is 1. The van der Waals surface area contributed by atoms with Gasteiger partial charge in [-0.25, -0.2) is 0 Å². The summed E-state index contributed by atoms with van der Waals surface area (Å²) < 4.78 is 0. The van der Waals surface area contributed by atoms with Crippen molar-refractivity contribution in [1.29, 1.82) is 0 Å². The zero-order valence-corrected chi connectivity index (χ0v) is 11.9. The molecule has 2 rings (SSSR count). The molecule has 0 spiro atoms. The van der Waals surface area contributed by atoms with Crippen LogP contribution in [0.2, 0.25) is 0 Å². The second-order valence-corrected chi connectivity index (χ2v) is 5.34. The second-order valence-electron chi connectivity index (χ2n) is 5.34. The maximum atomic E-state index is 9.23. The van der Waals surface area contributed by atoms with Crippen LogP contribution in [0, 0.1) is 6.92 Å². The number of fused-ring (bicyclic) bond motifs is 1. The number of aryl methyl sites for hydroxylation is 1. The van der Waals surface area contributed by atoms with E-state index in [1.165, 1.54) is 0 Å². The van der Waals surface area contributed by atoms with E-state index in [9.17, 15) is 5.11 Å². The molecular weight excluding hydrogens is 236 g/mol. The van der Waals surface area contributed by atoms with Gasteiger partial charge >= 0.3 is 0 Å². The van der Waals surface area contributed by atoms with Crippen molar-refractivity contribution in [3.63, 3.8) is 0 Å². The first-order valence-electron chi connectivity index (χ1n) is 6.83. The Morgan fingerprint density at radius 3 is 2.74 bits per heavy atom. The molecule has 0 radical (unpaired) electrons. The molecule has 0 aliphatic carbocycles. The van der Waals surface area contributed by atoms with Gasteiger partial charge in [-0.15, -0.1) is 0 Å². The maximum absolute atomic E-state index is 9.23. The largest absolute Gasteiger partial charge is 0.396 e. The average Bonchev–Trinajstić information content (AvgIpc) is 2.39. The Kier molecular flexibility index (Phi) is 4.05. The molecule has 1 aromatic heterocycles. The van der Waals surface area contributed by atoms with Crippen LogP contribution in [0.4, 0.5) is 5.69 Å². The van der Waals surface area contributed by atoms with Gasteiger partial charge < -0.3 is 10.4 Å². The van der Waals surface area contributed by atoms with E-state index in [0.717, 1.165) is 35.1 Å². The molecule has 0 saturated heterocycles. The zero-order valence-electron chi connectivity index (χ0n) is 11.9. The van der Waals surface area contributed by atoms with Crippen LogP contribution >= 0.6 is 0 Å². The monoisotopic (exact) mass is 258 g/mol. The molecule has 0 aliphatic rings. The first kappa shape index (κ1) is 13.8. The fourth-order valence-corrected chi connectivity index (χ4v) is 2.31. The minimum Gasteiger partial charge on any atom is -0.396 e. The topological polar surface area (TPSA) is 45.1 Å². The summed E-state index contributed by atoms with van der Waals surface area (Å²) in [5, 5.41) is 13.9. The van der Waals surface area contributed by atoms with Gasteiger partial charge in [0.2, 0.25) is 0 Å². The summed E-state index contributed by atoms with van der Waals surface area (Å²) in [6.07, 6.45) is 1.70. The number of nitrogens with one attached hydrogen (secondary N) is 1. The number of aliphatic hydroxyl groups excluding tert-OH is 1. The van der Waals surface area contributed by atoms with Gasteiger partial charge in [0.15, 0.2) is 0 Å². The SMILES string of the molecule is CCC(C)(CCO)Nc1cc(C)nc2ccccc12. The van der Waals surface area contributed by atoms with Gasteiger partial charge in [0.25, 0.3) is 0 Å². The molecule has 1 atom stereocenters. The summed E-state index contributed by atoms with van der Waals surface area (Å²) in [7, 11) is 0. The number of hydrogen-bond donors (Lipinski definition) is 2. The lowest BCUT2D eigenvalue weighted by molar-refractivity contribution is 0.252. The van der Waals surface area contributed by atoms with Crippen LogP contribution in [0.1, 0.15) is 32.4 Å². The van der Waals surface area contributed by atoms with E-state index in [1.54, 1.807) is 0 Å². The van der Waals surface area contributed by atoms with Crippen molar-refractivity contribution in [2.75, 3.05) is 11.9 Å². The fourth-order valence-electron chi connectivity index (χ4n) is 2.31. The van der Waals surface area contributed by atoms with Crippen molar-refractivity contribution in [2.24, 2.45) is 0 Å². The third kappa shape index (κ3) is 3.04. The van der Waals surface area contributed by atoms with Crippen molar-refractivity contribution in [3.8, 4) is 0 Å². The summed E-state index contributed by atoms with van der Waals surface area (Å²) >= 11 is 0. The van der Waals surface area contributed by atoms with Crippen molar-refractivity contribution in [3.05, 3.63) is 36.0 Å². The Balaban J connectivity index is 2.44. The summed E-state index contributed by atoms with van der Waals surface area (Å²) in [4.78, 5) is 4.55. The number of nitrogens with zero attached hydrogens (tertiary/aromatic N) is 1. The van der Waals surface area contributed by atoms with E-state index in [2.05, 4.69) is 36.3 Å². The Morgan fingerprint density at radius 1 is 1.32 bits per heavy atom. The molecule has 0 bridgehead atoms. The van der Waals surface area contributed by atoms with E-state index in [0.29, 0.717) is 0 Å². The van der Waals surface area contributed by atoms with Crippen molar-refractivity contribution < 1.29 is 5.11 Å². The predicted molar refractivity (Wildman–Crippen MR) is 80.5 cm³/mol. The van der Waals surface area contributed by atoms with Crippen molar-refractivity contribution in [1.82, 2.24) is 4.98 Å². The normalized spacial score (nSPS) is 14.3. The van der Waals surface area contributed by atoms with Gasteiger partial charge in [-0.1, -0.05) is 25.1 Å². The molecule has 19 heavy (non-hydrogen) atoms. The van der Waals surface area contributed by atoms with Crippen molar-refractivity contribution >= 4 is 16.6 Å². The van der Waals surface area contributed by atoms with Crippen LogP contribution < -0.4 is 5.32 Å². The van der Waals surface area contributed by atoms with Crippen LogP contribution in [0.15, 0.2) is 30.3 Å². The standard InChI is InChI=1S/C16H22N2O/c1-4-16(3,9-10-19)18-15-11-12(2)17-14-8-6-5-7-13(14)15/h5-8,11,19H,4,9-10H2,1-3H3,(H,17,18). The minimum atomic E-state index is -0.0919. The lowest BCUT2D eigenvalue weighted by Crippen LogP contribution is -2.35. The van der Waals surface area contributed by atoms with E-state index >= 15 is 0 Å². The summed E-state index contributed by atoms with van der Waals surface area (Å²) in [6.45, 7) is 6.49. The number of rotatable bonds is 5. The van der Waals surface area contributed by atoms with Crippen LogP contribution in [-0.2, 0) is 0 Å². The van der Waals surface area contributed by atoms with Gasteiger partial charge in [-0.05, 0) is 38.8 Å². The lowest BCUT2D eigenvalue weighted by Gasteiger charge is -2.31. The Hall–Kier alpha value is -1.61. The van der Waals surface area contributed by atoms with E-state index in [-0.39, 0.29) is 12.1 Å². The predicted octanol–water partition coefficient (Wildman–Crippen LogP) is 3.51. The van der Waals surface area contributed by atoms with Gasteiger partial charge in [0.05, 0.1) is 5.52 Å². The lowest BCUT2D eigenvalue weighted by atomic mass is 9.94. The van der Waals surface area contributed by atoms with Crippen LogP contribution in [0.5, 0.6) is 0 Å². The number of hydrogen-bond acceptors (Lipinski definition) is 3. The first-order valence-corrected chi connectivity index (χ1v) is 6.83. The molecule has 0 aliphatic heterocycles. The number of benzene rings is 1. The van der Waals surface area contributed by atoms with Gasteiger partial charge in [-0.3, -0.25) is 4.98 Å². The molecule has 0 fully saturated rings. The molecule has 3 nitrogen and oxygen atoms in total. The number of para-hydroxylation sites is 1. The molecule has 3 heteroatoms. The summed E-state index contributed by atoms with van der Waals surface area (Å²) in [5.41, 5.74) is 3.02. The maximum Gasteiger partial charge on any atom is 0.0725 e. The number of aromatic nitrogens is 1. The van der Waals surface area contributed by atoms with E-state index in [4.69, 9.17) is 0 Å². The third-order valence-electron chi connectivity index (χ3n) is 3.72. The smallest absolute Gasteiger partial charge is 0.0725 e. The fraction of sp³-hybridized carbons (Fsp3) is 0.438. The molecule has 2 N–H and O–H groups in total. The van der Waals surface area contributed by atoms with E-state index < -0.39 is 0 Å². The van der Waals surface area contributed by atoms with Crippen LogP contribution in [0.25, 0.3) is 10.9 Å². The Morgan fingerprint density at radius 2 is 2.05 bits per heavy atom. The molecular formula is C16H22N2O. The van der Waals surface area contributed by atoms with Crippen molar-refractivity contribution in [2.45, 2.75) is 39.2 Å². The summed E-state index contributed by atoms with van der Waals surface area (Å²) in [5.74, 6) is 0.